The van der Waals surface area contributed by atoms with Crippen molar-refractivity contribution in [1.82, 2.24) is 14.7 Å². The second-order valence-electron chi connectivity index (χ2n) is 18.4. The number of non-ortho nitro benzene ring substituents is 2. The van der Waals surface area contributed by atoms with Crippen molar-refractivity contribution in [3.05, 3.63) is 181 Å². The molecular formula is C57H57Br3F5KN12O11. The van der Waals surface area contributed by atoms with E-state index < -0.39 is 38.7 Å². The molecular weight excluding hydrogens is 1400 g/mol. The molecule has 89 heavy (non-hydrogen) atoms. The summed E-state index contributed by atoms with van der Waals surface area (Å²) < 4.78 is 88.8. The minimum Gasteiger partial charge on any atom is -0.635 e. The van der Waals surface area contributed by atoms with Gasteiger partial charge in [-0.2, -0.15) is 26.3 Å². The maximum absolute atomic E-state index is 13.9. The number of benzene rings is 5. The second kappa shape index (κ2) is 44.4. The quantitative estimate of drug-likeness (QED) is 0.0202. The number of ether oxygens (including phenoxy) is 4. The Morgan fingerprint density at radius 3 is 1.19 bits per heavy atom. The van der Waals surface area contributed by atoms with Gasteiger partial charge in [0.15, 0.2) is 0 Å². The van der Waals surface area contributed by atoms with Crippen LogP contribution < -0.4 is 62.4 Å². The SMILES string of the molecule is C1CCOCC1.N#Cc1cc(Br)cc(F)c1CN1CCOCC1.N#Cc1cc(N)cc(F)c1CN1CCOCC1.N#Cc1cc([N+](=O)[O-])cc(F)c1CBr.N#Cc1cc([N+](=O)[O-])cc(F)c1CN1CCOCC1.N#Cc1cccc(F)c1CBr.O=NO[O-].[K+]. The number of halogens is 8. The van der Waals surface area contributed by atoms with Gasteiger partial charge in [-0.25, -0.2) is 22.0 Å². The molecule has 5 aromatic rings. The first kappa shape index (κ1) is 79.1. The molecule has 4 saturated heterocycles. The van der Waals surface area contributed by atoms with Crippen LogP contribution in [0.5, 0.6) is 0 Å². The third-order valence-electron chi connectivity index (χ3n) is 12.7. The van der Waals surface area contributed by atoms with E-state index in [1.807, 2.05) is 29.2 Å². The monoisotopic (exact) mass is 1460 g/mol. The van der Waals surface area contributed by atoms with Crippen LogP contribution in [0.15, 0.2) is 76.5 Å². The summed E-state index contributed by atoms with van der Waals surface area (Å²) in [6.45, 7) is 11.3. The van der Waals surface area contributed by atoms with Crippen molar-refractivity contribution in [2.45, 2.75) is 49.6 Å². The van der Waals surface area contributed by atoms with Crippen molar-refractivity contribution in [1.29, 1.82) is 26.3 Å². The number of morpholine rings is 3. The summed E-state index contributed by atoms with van der Waals surface area (Å²) in [5.41, 5.74) is 7.72. The van der Waals surface area contributed by atoms with Crippen LogP contribution in [-0.4, -0.2) is 117 Å². The van der Waals surface area contributed by atoms with Crippen LogP contribution in [0.2, 0.25) is 0 Å². The number of nitrogens with zero attached hydrogens (tertiary/aromatic N) is 11. The Morgan fingerprint density at radius 1 is 0.517 bits per heavy atom. The first-order chi connectivity index (χ1) is 42.3. The predicted octanol–water partition coefficient (Wildman–Crippen LogP) is 7.09. The maximum Gasteiger partial charge on any atom is 1.00 e. The molecule has 4 heterocycles. The van der Waals surface area contributed by atoms with Gasteiger partial charge in [-0.1, -0.05) is 53.9 Å². The van der Waals surface area contributed by atoms with Crippen LogP contribution in [0.25, 0.3) is 0 Å². The Bertz CT molecular complexity index is 3240. The summed E-state index contributed by atoms with van der Waals surface area (Å²) in [5, 5.41) is 75.4. The van der Waals surface area contributed by atoms with Gasteiger partial charge in [0.05, 0.1) is 120 Å². The molecule has 9 rings (SSSR count). The number of nitriles is 5. The minimum absolute atomic E-state index is 0. The normalized spacial score (nSPS) is 14.3. The van der Waals surface area contributed by atoms with Crippen molar-refractivity contribution < 1.29 is 112 Å². The van der Waals surface area contributed by atoms with Crippen molar-refractivity contribution in [2.24, 2.45) is 5.34 Å². The van der Waals surface area contributed by atoms with Crippen molar-refractivity contribution in [3.63, 3.8) is 0 Å². The Morgan fingerprint density at radius 2 is 0.854 bits per heavy atom. The zero-order valence-electron chi connectivity index (χ0n) is 47.9. The van der Waals surface area contributed by atoms with Crippen molar-refractivity contribution >= 4 is 64.9 Å². The zero-order chi connectivity index (χ0) is 65.0. The fourth-order valence-corrected chi connectivity index (χ4v) is 9.74. The third-order valence-corrected chi connectivity index (χ3v) is 14.3. The molecule has 4 aliphatic heterocycles. The Hall–Kier alpha value is -6.04. The van der Waals surface area contributed by atoms with E-state index >= 15 is 0 Å². The Kier molecular flexibility index (Phi) is 39.5. The zero-order valence-corrected chi connectivity index (χ0v) is 55.8. The van der Waals surface area contributed by atoms with E-state index in [2.05, 4.69) is 62.6 Å². The van der Waals surface area contributed by atoms with Crippen LogP contribution in [0, 0.1) is 111 Å². The van der Waals surface area contributed by atoms with Crippen LogP contribution in [0.3, 0.4) is 0 Å². The minimum atomic E-state index is -0.743. The maximum atomic E-state index is 13.9. The van der Waals surface area contributed by atoms with Crippen molar-refractivity contribution in [3.8, 4) is 30.3 Å². The average Bonchev–Trinajstić information content (AvgIpc) is 3.30. The smallest absolute Gasteiger partial charge is 0.635 e. The van der Waals surface area contributed by atoms with E-state index in [1.54, 1.807) is 18.2 Å². The second-order valence-corrected chi connectivity index (χ2v) is 20.5. The number of nitro groups is 2. The van der Waals surface area contributed by atoms with E-state index in [0.717, 1.165) is 63.7 Å². The van der Waals surface area contributed by atoms with Crippen LogP contribution in [-0.2, 0) is 54.2 Å². The summed E-state index contributed by atoms with van der Waals surface area (Å²) in [7, 11) is 0. The third kappa shape index (κ3) is 27.9. The fraction of sp³-hybridized carbons (Fsp3) is 0.386. The number of alkyl halides is 2. The number of nitro benzene ring substituents is 2. The van der Waals surface area contributed by atoms with E-state index in [4.69, 9.17) is 61.2 Å². The molecule has 0 saturated carbocycles. The molecule has 0 atom stereocenters. The first-order valence-electron chi connectivity index (χ1n) is 26.3. The van der Waals surface area contributed by atoms with E-state index in [9.17, 15) is 42.2 Å². The average molecular weight is 1460 g/mol. The number of rotatable bonds is 11. The summed E-state index contributed by atoms with van der Waals surface area (Å²) in [4.78, 5) is 36.4. The molecule has 32 heteroatoms. The molecule has 4 fully saturated rings. The van der Waals surface area contributed by atoms with E-state index in [0.29, 0.717) is 109 Å². The number of hydrogen-bond donors (Lipinski definition) is 1. The molecule has 0 radical (unpaired) electrons. The van der Waals surface area contributed by atoms with E-state index in [1.165, 1.54) is 54.9 Å². The van der Waals surface area contributed by atoms with Gasteiger partial charge in [0, 0.05) is 133 Å². The molecule has 23 nitrogen and oxygen atoms in total. The van der Waals surface area contributed by atoms with Gasteiger partial charge >= 0.3 is 51.4 Å². The number of nitrogens with two attached hydrogens (primary N) is 1. The largest absolute Gasteiger partial charge is 1.00 e. The molecule has 0 spiro atoms. The Labute approximate surface area is 577 Å². The van der Waals surface area contributed by atoms with Crippen LogP contribution in [0.1, 0.15) is 74.9 Å². The van der Waals surface area contributed by atoms with Gasteiger partial charge in [-0.05, 0) is 55.7 Å². The molecule has 0 amide bonds. The Balaban J connectivity index is 0.000000366. The van der Waals surface area contributed by atoms with Crippen LogP contribution in [0.4, 0.5) is 39.0 Å². The van der Waals surface area contributed by atoms with E-state index in [-0.39, 0.29) is 103 Å². The molecule has 0 bridgehead atoms. The predicted molar refractivity (Wildman–Crippen MR) is 316 cm³/mol. The van der Waals surface area contributed by atoms with Crippen molar-refractivity contribution in [2.75, 3.05) is 97.9 Å². The van der Waals surface area contributed by atoms with Gasteiger partial charge in [0.2, 0.25) is 0 Å². The summed E-state index contributed by atoms with van der Waals surface area (Å²) in [6.07, 6.45) is 3.93. The van der Waals surface area contributed by atoms with Crippen LogP contribution >= 0.6 is 47.8 Å². The summed E-state index contributed by atoms with van der Waals surface area (Å²) in [6, 6.07) is 23.6. The van der Waals surface area contributed by atoms with Gasteiger partial charge < -0.3 is 34.9 Å². The molecule has 0 unspecified atom stereocenters. The number of nitrogen functional groups attached to an aromatic ring is 1. The fourth-order valence-electron chi connectivity index (χ4n) is 8.17. The topological polar surface area (TPSA) is 340 Å². The molecule has 0 aliphatic carbocycles. The number of anilines is 1. The van der Waals surface area contributed by atoms with Gasteiger partial charge in [-0.3, -0.25) is 34.9 Å². The van der Waals surface area contributed by atoms with Gasteiger partial charge in [0.25, 0.3) is 11.4 Å². The summed E-state index contributed by atoms with van der Waals surface area (Å²) in [5.74, 6) is -2.53. The standard InChI is InChI=1S/C12H12BrFN2O.C12H12FN3O3.C12H14FN3O.C8H4BrFN2O2.C8H5BrFN.C5H10O.K.HNO3/c13-10-5-9(7-15)11(12(14)6-10)8-16-1-3-17-4-2-16;13-12-6-10(16(17)18)5-9(7-14)11(12)8-15-1-3-19-4-2-15;13-12-6-10(15)5-9(7-14)11(12)8-16-1-3-17-4-2-16;9-3-7-5(4-11)1-6(12(13)14)2-8(7)10;9-4-7-6(5-11)2-1-3-8(7)10;1-2-4-6-5-3-1;;2-1-4-3/h5-6H,1-4,8H2;5-6H,1-4,8H2;5-6H,1-4,8,15H2;1-2H,3H2;1-3H,4H2;1-5H2;;3H/q;;;;;;+1;/p-1. The number of hydrogen-bond acceptors (Lipinski definition) is 21. The first-order valence-corrected chi connectivity index (χ1v) is 29.4. The summed E-state index contributed by atoms with van der Waals surface area (Å²) >= 11 is 9.30. The molecule has 5 aromatic carbocycles. The van der Waals surface area contributed by atoms with Gasteiger partial charge in [-0.15, -0.1) is 4.91 Å². The molecule has 2 N–H and O–H groups in total. The van der Waals surface area contributed by atoms with Gasteiger partial charge in [0.1, 0.15) is 34.4 Å². The molecule has 4 aliphatic rings. The molecule has 468 valence electrons. The molecule has 0 aromatic heterocycles.